The second-order valence-electron chi connectivity index (χ2n) is 6.74. The zero-order valence-electron chi connectivity index (χ0n) is 16.4. The van der Waals surface area contributed by atoms with E-state index in [1.807, 2.05) is 78.9 Å². The molecule has 3 aromatic rings. The molecule has 29 heavy (non-hydrogen) atoms. The van der Waals surface area contributed by atoms with Gasteiger partial charge in [0.1, 0.15) is 5.57 Å². The molecular formula is C25H24N2O2. The largest absolute Gasteiger partial charge is 0.384 e. The lowest BCUT2D eigenvalue weighted by atomic mass is 10.0. The number of allylic oxidation sites excluding steroid dienone is 1. The van der Waals surface area contributed by atoms with Crippen LogP contribution in [0.1, 0.15) is 18.1 Å². The van der Waals surface area contributed by atoms with E-state index in [0.29, 0.717) is 17.9 Å². The topological polar surface area (TPSA) is 58.2 Å². The van der Waals surface area contributed by atoms with Gasteiger partial charge < -0.3 is 10.6 Å². The van der Waals surface area contributed by atoms with Crippen LogP contribution in [-0.2, 0) is 22.6 Å². The molecule has 0 radical (unpaired) electrons. The van der Waals surface area contributed by atoms with Crippen LogP contribution in [0.2, 0.25) is 0 Å². The van der Waals surface area contributed by atoms with Gasteiger partial charge in [0.25, 0.3) is 5.91 Å². The number of Topliss-reactive ketones (excluding diaryl/α,β-unsaturated/α-hetero) is 1. The summed E-state index contributed by atoms with van der Waals surface area (Å²) in [4.78, 5) is 26.0. The van der Waals surface area contributed by atoms with E-state index in [2.05, 4.69) is 10.6 Å². The molecule has 0 fully saturated rings. The Labute approximate surface area is 171 Å². The first kappa shape index (κ1) is 20.1. The molecule has 2 N–H and O–H groups in total. The Balaban J connectivity index is 1.82. The number of benzene rings is 3. The summed E-state index contributed by atoms with van der Waals surface area (Å²) < 4.78 is 0. The summed E-state index contributed by atoms with van der Waals surface area (Å²) in [6, 6.07) is 28.4. The van der Waals surface area contributed by atoms with Gasteiger partial charge >= 0.3 is 0 Å². The Kier molecular flexibility index (Phi) is 6.95. The van der Waals surface area contributed by atoms with Gasteiger partial charge in [-0.25, -0.2) is 0 Å². The van der Waals surface area contributed by atoms with Gasteiger partial charge in [-0.3, -0.25) is 9.59 Å². The number of amides is 1. The van der Waals surface area contributed by atoms with Crippen LogP contribution in [0.4, 0.5) is 5.69 Å². The normalized spacial score (nSPS) is 11.3. The minimum Gasteiger partial charge on any atom is -0.384 e. The highest BCUT2D eigenvalue weighted by molar-refractivity contribution is 6.24. The standard InChI is InChI=1S/C25H24N2O2/c1-19(26-18-21-13-7-3-8-14-21)24(23(28)17-20-11-5-2-6-12-20)25(29)27-22-15-9-4-10-16-22/h2-16,26H,17-18H2,1H3,(H,27,29). The SMILES string of the molecule is CC(NCc1ccccc1)=C(C(=O)Cc1ccccc1)C(=O)Nc1ccccc1. The lowest BCUT2D eigenvalue weighted by Gasteiger charge is -2.14. The molecule has 1 amide bonds. The first-order valence-electron chi connectivity index (χ1n) is 9.55. The van der Waals surface area contributed by atoms with Crippen molar-refractivity contribution in [3.63, 3.8) is 0 Å². The predicted molar refractivity (Wildman–Crippen MR) is 116 cm³/mol. The number of nitrogens with one attached hydrogen (secondary N) is 2. The fourth-order valence-corrected chi connectivity index (χ4v) is 3.01. The van der Waals surface area contributed by atoms with Gasteiger partial charge in [-0.2, -0.15) is 0 Å². The van der Waals surface area contributed by atoms with Crippen LogP contribution in [0.3, 0.4) is 0 Å². The van der Waals surface area contributed by atoms with E-state index in [9.17, 15) is 9.59 Å². The molecule has 0 heterocycles. The molecule has 3 aromatic carbocycles. The van der Waals surface area contributed by atoms with Gasteiger partial charge in [-0.05, 0) is 30.2 Å². The summed E-state index contributed by atoms with van der Waals surface area (Å²) in [5.74, 6) is -0.627. The van der Waals surface area contributed by atoms with Crippen molar-refractivity contribution >= 4 is 17.4 Å². The van der Waals surface area contributed by atoms with Gasteiger partial charge in [0.15, 0.2) is 5.78 Å². The summed E-state index contributed by atoms with van der Waals surface area (Å²) in [5.41, 5.74) is 3.30. The monoisotopic (exact) mass is 384 g/mol. The van der Waals surface area contributed by atoms with Crippen LogP contribution in [0.5, 0.6) is 0 Å². The maximum atomic E-state index is 13.0. The molecule has 0 aromatic heterocycles. The Hall–Kier alpha value is -3.66. The van der Waals surface area contributed by atoms with E-state index in [4.69, 9.17) is 0 Å². The Bertz CT molecular complexity index is 926. The molecule has 0 atom stereocenters. The quantitative estimate of drug-likeness (QED) is 0.341. The van der Waals surface area contributed by atoms with Crippen molar-refractivity contribution in [2.75, 3.05) is 5.32 Å². The average Bonchev–Trinajstić information content (AvgIpc) is 2.74. The van der Waals surface area contributed by atoms with Crippen LogP contribution in [-0.4, -0.2) is 11.7 Å². The highest BCUT2D eigenvalue weighted by Gasteiger charge is 2.22. The molecule has 0 bridgehead atoms. The van der Waals surface area contributed by atoms with Crippen molar-refractivity contribution < 1.29 is 9.59 Å². The summed E-state index contributed by atoms with van der Waals surface area (Å²) in [5, 5.41) is 6.06. The van der Waals surface area contributed by atoms with Gasteiger partial charge in [-0.1, -0.05) is 78.9 Å². The molecule has 0 aliphatic rings. The van der Waals surface area contributed by atoms with E-state index < -0.39 is 5.91 Å². The van der Waals surface area contributed by atoms with Gasteiger partial charge in [0.2, 0.25) is 0 Å². The van der Waals surface area contributed by atoms with Gasteiger partial charge in [0, 0.05) is 24.4 Å². The number of anilines is 1. The first-order chi connectivity index (χ1) is 14.1. The van der Waals surface area contributed by atoms with E-state index >= 15 is 0 Å². The number of carbonyl (C=O) groups is 2. The number of hydrogen-bond donors (Lipinski definition) is 2. The van der Waals surface area contributed by atoms with Crippen molar-refractivity contribution in [2.24, 2.45) is 0 Å². The summed E-state index contributed by atoms with van der Waals surface area (Å²) in [7, 11) is 0. The van der Waals surface area contributed by atoms with Crippen molar-refractivity contribution in [3.05, 3.63) is 113 Å². The molecule has 0 unspecified atom stereocenters. The molecule has 0 saturated heterocycles. The summed E-state index contributed by atoms with van der Waals surface area (Å²) >= 11 is 0. The van der Waals surface area contributed by atoms with E-state index in [0.717, 1.165) is 11.1 Å². The molecule has 4 heteroatoms. The van der Waals surface area contributed by atoms with E-state index in [1.165, 1.54) is 0 Å². The zero-order valence-corrected chi connectivity index (χ0v) is 16.4. The second-order valence-corrected chi connectivity index (χ2v) is 6.74. The molecule has 146 valence electrons. The minimum absolute atomic E-state index is 0.147. The number of hydrogen-bond acceptors (Lipinski definition) is 3. The summed E-state index contributed by atoms with van der Waals surface area (Å²) in [6.45, 7) is 2.30. The molecule has 0 spiro atoms. The Morgan fingerprint density at radius 3 is 1.83 bits per heavy atom. The van der Waals surface area contributed by atoms with Crippen LogP contribution in [0.25, 0.3) is 0 Å². The fraction of sp³-hybridized carbons (Fsp3) is 0.120. The zero-order chi connectivity index (χ0) is 20.5. The highest BCUT2D eigenvalue weighted by Crippen LogP contribution is 2.14. The minimum atomic E-state index is -0.407. The van der Waals surface area contributed by atoms with Crippen LogP contribution in [0.15, 0.2) is 102 Å². The van der Waals surface area contributed by atoms with Crippen LogP contribution >= 0.6 is 0 Å². The van der Waals surface area contributed by atoms with E-state index in [-0.39, 0.29) is 17.8 Å². The number of carbonyl (C=O) groups excluding carboxylic acids is 2. The Morgan fingerprint density at radius 2 is 1.24 bits per heavy atom. The second kappa shape index (κ2) is 10.0. The predicted octanol–water partition coefficient (Wildman–Crippen LogP) is 4.50. The molecule has 0 aliphatic heterocycles. The molecule has 4 nitrogen and oxygen atoms in total. The highest BCUT2D eigenvalue weighted by atomic mass is 16.2. The lowest BCUT2D eigenvalue weighted by Crippen LogP contribution is -2.27. The van der Waals surface area contributed by atoms with Crippen molar-refractivity contribution in [1.29, 1.82) is 0 Å². The van der Waals surface area contributed by atoms with Crippen LogP contribution in [0, 0.1) is 0 Å². The third kappa shape index (κ3) is 5.91. The lowest BCUT2D eigenvalue weighted by molar-refractivity contribution is -0.119. The molecule has 3 rings (SSSR count). The number of ketones is 1. The average molecular weight is 384 g/mol. The molecule has 0 aliphatic carbocycles. The van der Waals surface area contributed by atoms with Gasteiger partial charge in [0.05, 0.1) is 0 Å². The number of rotatable bonds is 8. The van der Waals surface area contributed by atoms with Crippen LogP contribution < -0.4 is 10.6 Å². The van der Waals surface area contributed by atoms with Gasteiger partial charge in [-0.15, -0.1) is 0 Å². The third-order valence-corrected chi connectivity index (χ3v) is 4.52. The molecular weight excluding hydrogens is 360 g/mol. The maximum Gasteiger partial charge on any atom is 0.261 e. The summed E-state index contributed by atoms with van der Waals surface area (Å²) in [6.07, 6.45) is 0.169. The fourth-order valence-electron chi connectivity index (χ4n) is 3.01. The van der Waals surface area contributed by atoms with Crippen molar-refractivity contribution in [2.45, 2.75) is 19.9 Å². The maximum absolute atomic E-state index is 13.0. The van der Waals surface area contributed by atoms with Crippen molar-refractivity contribution in [1.82, 2.24) is 5.32 Å². The number of para-hydroxylation sites is 1. The first-order valence-corrected chi connectivity index (χ1v) is 9.55. The smallest absolute Gasteiger partial charge is 0.261 e. The third-order valence-electron chi connectivity index (χ3n) is 4.52. The van der Waals surface area contributed by atoms with Crippen molar-refractivity contribution in [3.8, 4) is 0 Å². The Morgan fingerprint density at radius 1 is 0.724 bits per heavy atom. The molecule has 0 saturated carbocycles. The van der Waals surface area contributed by atoms with E-state index in [1.54, 1.807) is 19.1 Å².